The Labute approximate surface area is 126 Å². The van der Waals surface area contributed by atoms with Gasteiger partial charge in [-0.05, 0) is 54.8 Å². The molecule has 0 aliphatic rings. The maximum Gasteiger partial charge on any atom is 0.123 e. The Morgan fingerprint density at radius 1 is 1.19 bits per heavy atom. The number of benzene rings is 2. The van der Waals surface area contributed by atoms with E-state index in [1.807, 2.05) is 19.1 Å². The number of nitrogens with one attached hydrogen (secondary N) is 1. The van der Waals surface area contributed by atoms with Crippen molar-refractivity contribution in [2.24, 2.45) is 0 Å². The van der Waals surface area contributed by atoms with Crippen LogP contribution in [0, 0.1) is 12.7 Å². The number of hydrogen-bond acceptors (Lipinski definition) is 2. The fourth-order valence-corrected chi connectivity index (χ4v) is 2.57. The van der Waals surface area contributed by atoms with Crippen molar-refractivity contribution in [2.75, 3.05) is 13.7 Å². The minimum absolute atomic E-state index is 0.168. The van der Waals surface area contributed by atoms with Gasteiger partial charge in [0.15, 0.2) is 0 Å². The van der Waals surface area contributed by atoms with Crippen LogP contribution in [0.25, 0.3) is 0 Å². The Morgan fingerprint density at radius 2 is 2.00 bits per heavy atom. The average molecular weight is 287 g/mol. The lowest BCUT2D eigenvalue weighted by Crippen LogP contribution is -2.23. The summed E-state index contributed by atoms with van der Waals surface area (Å²) in [6.45, 7) is 4.98. The zero-order valence-corrected chi connectivity index (χ0v) is 12.8. The van der Waals surface area contributed by atoms with Crippen molar-refractivity contribution < 1.29 is 9.13 Å². The van der Waals surface area contributed by atoms with Gasteiger partial charge < -0.3 is 10.1 Å². The highest BCUT2D eigenvalue weighted by molar-refractivity contribution is 5.38. The third-order valence-corrected chi connectivity index (χ3v) is 3.60. The number of hydrogen-bond donors (Lipinski definition) is 1. The van der Waals surface area contributed by atoms with Crippen LogP contribution >= 0.6 is 0 Å². The molecule has 0 aliphatic carbocycles. The highest BCUT2D eigenvalue weighted by atomic mass is 19.1. The molecule has 0 saturated heterocycles. The second-order valence-electron chi connectivity index (χ2n) is 5.17. The van der Waals surface area contributed by atoms with Gasteiger partial charge in [-0.15, -0.1) is 0 Å². The lowest BCUT2D eigenvalue weighted by atomic mass is 9.97. The molecule has 0 amide bonds. The summed E-state index contributed by atoms with van der Waals surface area (Å²) < 4.78 is 18.6. The molecule has 3 heteroatoms. The zero-order chi connectivity index (χ0) is 15.2. The molecule has 2 rings (SSSR count). The largest absolute Gasteiger partial charge is 0.496 e. The van der Waals surface area contributed by atoms with Gasteiger partial charge in [-0.25, -0.2) is 4.39 Å². The molecule has 0 bridgehead atoms. The molecule has 2 aromatic rings. The zero-order valence-electron chi connectivity index (χ0n) is 12.8. The number of aryl methyl sites for hydroxylation is 1. The highest BCUT2D eigenvalue weighted by Crippen LogP contribution is 2.25. The van der Waals surface area contributed by atoms with Gasteiger partial charge in [0.25, 0.3) is 0 Å². The van der Waals surface area contributed by atoms with Gasteiger partial charge in [0, 0.05) is 6.04 Å². The molecule has 0 spiro atoms. The monoisotopic (exact) mass is 287 g/mol. The number of halogens is 1. The minimum Gasteiger partial charge on any atom is -0.496 e. The predicted molar refractivity (Wildman–Crippen MR) is 84.3 cm³/mol. The second-order valence-corrected chi connectivity index (χ2v) is 5.17. The van der Waals surface area contributed by atoms with E-state index in [1.165, 1.54) is 11.6 Å². The van der Waals surface area contributed by atoms with Crippen LogP contribution < -0.4 is 10.1 Å². The number of ether oxygens (including phenoxy) is 1. The van der Waals surface area contributed by atoms with E-state index in [0.717, 1.165) is 29.8 Å². The summed E-state index contributed by atoms with van der Waals surface area (Å²) in [6, 6.07) is 13.1. The fourth-order valence-electron chi connectivity index (χ4n) is 2.57. The lowest BCUT2D eigenvalue weighted by molar-refractivity contribution is 0.411. The van der Waals surface area contributed by atoms with E-state index in [0.29, 0.717) is 0 Å². The molecule has 1 unspecified atom stereocenters. The summed E-state index contributed by atoms with van der Waals surface area (Å²) in [4.78, 5) is 0. The van der Waals surface area contributed by atoms with Crippen molar-refractivity contribution in [1.82, 2.24) is 5.32 Å². The molecule has 2 aromatic carbocycles. The van der Waals surface area contributed by atoms with E-state index >= 15 is 0 Å². The standard InChI is InChI=1S/C18H22FNO/c1-4-20-17(12-14-6-5-7-16(19)11-14)15-8-9-18(21-3)13(2)10-15/h5-11,17,20H,4,12H2,1-3H3. The first-order valence-electron chi connectivity index (χ1n) is 7.26. The van der Waals surface area contributed by atoms with Gasteiger partial charge in [0.05, 0.1) is 7.11 Å². The molecule has 0 aromatic heterocycles. The Bertz CT molecular complexity index is 598. The van der Waals surface area contributed by atoms with Gasteiger partial charge in [0.2, 0.25) is 0 Å². The summed E-state index contributed by atoms with van der Waals surface area (Å²) in [5, 5.41) is 3.47. The van der Waals surface area contributed by atoms with Crippen molar-refractivity contribution in [3.05, 3.63) is 65.0 Å². The minimum atomic E-state index is -0.186. The van der Waals surface area contributed by atoms with Crippen LogP contribution in [0.1, 0.15) is 29.7 Å². The van der Waals surface area contributed by atoms with E-state index in [2.05, 4.69) is 24.4 Å². The van der Waals surface area contributed by atoms with E-state index in [-0.39, 0.29) is 11.9 Å². The summed E-state index contributed by atoms with van der Waals surface area (Å²) in [5.41, 5.74) is 3.30. The summed E-state index contributed by atoms with van der Waals surface area (Å²) >= 11 is 0. The summed E-state index contributed by atoms with van der Waals surface area (Å²) in [7, 11) is 1.68. The molecule has 1 atom stereocenters. The maximum absolute atomic E-state index is 13.3. The van der Waals surface area contributed by atoms with E-state index in [1.54, 1.807) is 19.2 Å². The number of likely N-dealkylation sites (N-methyl/N-ethyl adjacent to an activating group) is 1. The van der Waals surface area contributed by atoms with Crippen molar-refractivity contribution in [3.8, 4) is 5.75 Å². The Balaban J connectivity index is 2.24. The second kappa shape index (κ2) is 7.23. The lowest BCUT2D eigenvalue weighted by Gasteiger charge is -2.20. The van der Waals surface area contributed by atoms with E-state index in [9.17, 15) is 4.39 Å². The van der Waals surface area contributed by atoms with E-state index in [4.69, 9.17) is 4.74 Å². The Morgan fingerprint density at radius 3 is 2.62 bits per heavy atom. The van der Waals surface area contributed by atoms with Crippen molar-refractivity contribution in [1.29, 1.82) is 0 Å². The molecule has 0 radical (unpaired) electrons. The topological polar surface area (TPSA) is 21.3 Å². The first kappa shape index (κ1) is 15.5. The predicted octanol–water partition coefficient (Wildman–Crippen LogP) is 4.04. The molecule has 2 nitrogen and oxygen atoms in total. The molecule has 0 saturated carbocycles. The first-order valence-corrected chi connectivity index (χ1v) is 7.26. The van der Waals surface area contributed by atoms with Gasteiger partial charge in [-0.3, -0.25) is 0 Å². The van der Waals surface area contributed by atoms with Crippen LogP contribution in [0.3, 0.4) is 0 Å². The van der Waals surface area contributed by atoms with Gasteiger partial charge in [0.1, 0.15) is 11.6 Å². The van der Waals surface area contributed by atoms with Crippen LogP contribution in [-0.4, -0.2) is 13.7 Å². The van der Waals surface area contributed by atoms with Crippen LogP contribution in [0.2, 0.25) is 0 Å². The molecule has 0 aliphatic heterocycles. The molecule has 112 valence electrons. The van der Waals surface area contributed by atoms with Crippen molar-refractivity contribution >= 4 is 0 Å². The third kappa shape index (κ3) is 4.05. The van der Waals surface area contributed by atoms with Crippen molar-refractivity contribution in [3.63, 3.8) is 0 Å². The van der Waals surface area contributed by atoms with Crippen molar-refractivity contribution in [2.45, 2.75) is 26.3 Å². The summed E-state index contributed by atoms with van der Waals surface area (Å²) in [5.74, 6) is 0.702. The maximum atomic E-state index is 13.3. The Kier molecular flexibility index (Phi) is 5.34. The smallest absolute Gasteiger partial charge is 0.123 e. The van der Waals surface area contributed by atoms with Crippen LogP contribution in [-0.2, 0) is 6.42 Å². The molecular formula is C18H22FNO. The van der Waals surface area contributed by atoms with Crippen LogP contribution in [0.4, 0.5) is 4.39 Å². The third-order valence-electron chi connectivity index (χ3n) is 3.60. The van der Waals surface area contributed by atoms with E-state index < -0.39 is 0 Å². The average Bonchev–Trinajstić information content (AvgIpc) is 2.47. The molecule has 0 fully saturated rings. The highest BCUT2D eigenvalue weighted by Gasteiger charge is 2.13. The SMILES string of the molecule is CCNC(Cc1cccc(F)c1)c1ccc(OC)c(C)c1. The first-order chi connectivity index (χ1) is 10.1. The molecular weight excluding hydrogens is 265 g/mol. The normalized spacial score (nSPS) is 12.2. The number of rotatable bonds is 6. The molecule has 0 heterocycles. The van der Waals surface area contributed by atoms with Gasteiger partial charge in [-0.1, -0.05) is 31.2 Å². The summed E-state index contributed by atoms with van der Waals surface area (Å²) in [6.07, 6.45) is 0.761. The van der Waals surface area contributed by atoms with Crippen LogP contribution in [0.15, 0.2) is 42.5 Å². The van der Waals surface area contributed by atoms with Gasteiger partial charge >= 0.3 is 0 Å². The van der Waals surface area contributed by atoms with Crippen LogP contribution in [0.5, 0.6) is 5.75 Å². The van der Waals surface area contributed by atoms with Gasteiger partial charge in [-0.2, -0.15) is 0 Å². The molecule has 21 heavy (non-hydrogen) atoms. The quantitative estimate of drug-likeness (QED) is 0.866. The number of methoxy groups -OCH3 is 1. The molecule has 1 N–H and O–H groups in total. The Hall–Kier alpha value is -1.87. The fraction of sp³-hybridized carbons (Fsp3) is 0.333.